The number of aliphatic hydroxyl groups is 1. The van der Waals surface area contributed by atoms with E-state index in [1.807, 2.05) is 68.4 Å². The lowest BCUT2D eigenvalue weighted by molar-refractivity contribution is 0.114. The topological polar surface area (TPSA) is 50.5 Å². The summed E-state index contributed by atoms with van der Waals surface area (Å²) in [5.41, 5.74) is 2.73. The minimum absolute atomic E-state index is 0.412. The molecule has 0 spiro atoms. The molecule has 0 saturated carbocycles. The highest BCUT2D eigenvalue weighted by Gasteiger charge is 2.22. The van der Waals surface area contributed by atoms with Gasteiger partial charge in [0.15, 0.2) is 0 Å². The summed E-state index contributed by atoms with van der Waals surface area (Å²) in [6.07, 6.45) is -0.412. The summed E-state index contributed by atoms with van der Waals surface area (Å²) < 4.78 is 8.14. The molecule has 1 atom stereocenters. The molecule has 0 radical (unpaired) electrons. The third-order valence-electron chi connectivity index (χ3n) is 4.68. The van der Waals surface area contributed by atoms with E-state index in [0.717, 1.165) is 29.2 Å². The summed E-state index contributed by atoms with van der Waals surface area (Å²) in [5, 5.41) is 15.4. The number of hydrogen-bond acceptors (Lipinski definition) is 4. The van der Waals surface area contributed by atoms with Crippen molar-refractivity contribution in [1.29, 1.82) is 0 Å². The standard InChI is InChI=1S/C24H30ClN3O2/c1-17(2)14-27(15-18(3)29)16-23-19(4)26-28(21-10-8-9-20(25)13-21)24(23)30-22-11-6-5-7-12-22/h5-13,17-18,29H,14-16H2,1-4H3. The average molecular weight is 428 g/mol. The number of aliphatic hydroxyl groups excluding tert-OH is 1. The van der Waals surface area contributed by atoms with Gasteiger partial charge in [0.1, 0.15) is 5.75 Å². The Morgan fingerprint density at radius 2 is 1.80 bits per heavy atom. The lowest BCUT2D eigenvalue weighted by atomic mass is 10.1. The van der Waals surface area contributed by atoms with Crippen molar-refractivity contribution in [2.45, 2.75) is 40.3 Å². The Labute approximate surface area is 183 Å². The molecule has 160 valence electrons. The van der Waals surface area contributed by atoms with Crippen molar-refractivity contribution in [3.63, 3.8) is 0 Å². The Hall–Kier alpha value is -2.34. The van der Waals surface area contributed by atoms with Crippen LogP contribution in [0.2, 0.25) is 5.02 Å². The third-order valence-corrected chi connectivity index (χ3v) is 4.91. The molecule has 5 nitrogen and oxygen atoms in total. The second-order valence-corrected chi connectivity index (χ2v) is 8.55. The molecule has 30 heavy (non-hydrogen) atoms. The van der Waals surface area contributed by atoms with E-state index in [1.54, 1.807) is 4.68 Å². The number of para-hydroxylation sites is 1. The van der Waals surface area contributed by atoms with Gasteiger partial charge in [-0.3, -0.25) is 4.90 Å². The van der Waals surface area contributed by atoms with Crippen molar-refractivity contribution < 1.29 is 9.84 Å². The summed E-state index contributed by atoms with van der Waals surface area (Å²) in [5.74, 6) is 1.89. The van der Waals surface area contributed by atoms with Crippen LogP contribution in [0.3, 0.4) is 0 Å². The zero-order chi connectivity index (χ0) is 21.7. The molecule has 0 amide bonds. The third kappa shape index (κ3) is 5.85. The molecule has 0 aliphatic carbocycles. The van der Waals surface area contributed by atoms with Gasteiger partial charge in [0.2, 0.25) is 5.88 Å². The molecule has 3 rings (SSSR count). The molecule has 2 aromatic carbocycles. The van der Waals surface area contributed by atoms with E-state index in [9.17, 15) is 5.11 Å². The predicted molar refractivity (Wildman–Crippen MR) is 122 cm³/mol. The Kier molecular flexibility index (Phi) is 7.53. The fourth-order valence-corrected chi connectivity index (χ4v) is 3.71. The molecule has 0 aliphatic rings. The highest BCUT2D eigenvalue weighted by Crippen LogP contribution is 2.32. The molecule has 0 aliphatic heterocycles. The number of nitrogens with zero attached hydrogens (tertiary/aromatic N) is 3. The van der Waals surface area contributed by atoms with E-state index in [-0.39, 0.29) is 0 Å². The molecule has 0 bridgehead atoms. The quantitative estimate of drug-likeness (QED) is 0.492. The summed E-state index contributed by atoms with van der Waals surface area (Å²) in [7, 11) is 0. The highest BCUT2D eigenvalue weighted by atomic mass is 35.5. The first-order chi connectivity index (χ1) is 14.3. The highest BCUT2D eigenvalue weighted by molar-refractivity contribution is 6.30. The van der Waals surface area contributed by atoms with Crippen molar-refractivity contribution in [2.75, 3.05) is 13.1 Å². The summed E-state index contributed by atoms with van der Waals surface area (Å²) in [6.45, 7) is 10.3. The van der Waals surface area contributed by atoms with Crippen LogP contribution in [0.4, 0.5) is 0 Å². The second kappa shape index (κ2) is 10.1. The van der Waals surface area contributed by atoms with Gasteiger partial charge >= 0.3 is 0 Å². The second-order valence-electron chi connectivity index (χ2n) is 8.11. The predicted octanol–water partition coefficient (Wildman–Crippen LogP) is 5.47. The zero-order valence-electron chi connectivity index (χ0n) is 18.0. The maximum absolute atomic E-state index is 9.99. The molecular weight excluding hydrogens is 398 g/mol. The van der Waals surface area contributed by atoms with Gasteiger partial charge in [-0.25, -0.2) is 4.68 Å². The number of rotatable bonds is 9. The van der Waals surface area contributed by atoms with Crippen LogP contribution >= 0.6 is 11.6 Å². The van der Waals surface area contributed by atoms with Crippen molar-refractivity contribution in [3.8, 4) is 17.3 Å². The Morgan fingerprint density at radius 3 is 2.43 bits per heavy atom. The monoisotopic (exact) mass is 427 g/mol. The van der Waals surface area contributed by atoms with E-state index >= 15 is 0 Å². The molecule has 1 aromatic heterocycles. The summed E-state index contributed by atoms with van der Waals surface area (Å²) >= 11 is 6.23. The van der Waals surface area contributed by atoms with E-state index < -0.39 is 6.10 Å². The molecule has 6 heteroatoms. The molecular formula is C24H30ClN3O2. The van der Waals surface area contributed by atoms with E-state index in [4.69, 9.17) is 21.4 Å². The number of hydrogen-bond donors (Lipinski definition) is 1. The Morgan fingerprint density at radius 1 is 1.07 bits per heavy atom. The zero-order valence-corrected chi connectivity index (χ0v) is 18.8. The average Bonchev–Trinajstić information content (AvgIpc) is 2.97. The van der Waals surface area contributed by atoms with Gasteiger partial charge in [-0.05, 0) is 50.1 Å². The molecule has 1 heterocycles. The van der Waals surface area contributed by atoms with Crippen molar-refractivity contribution in [2.24, 2.45) is 5.92 Å². The number of aryl methyl sites for hydroxylation is 1. The SMILES string of the molecule is Cc1nn(-c2cccc(Cl)c2)c(Oc2ccccc2)c1CN(CC(C)C)CC(C)O. The first kappa shape index (κ1) is 22.3. The number of ether oxygens (including phenoxy) is 1. The van der Waals surface area contributed by atoms with E-state index in [2.05, 4.69) is 18.7 Å². The van der Waals surface area contributed by atoms with Gasteiger partial charge in [-0.1, -0.05) is 49.7 Å². The summed E-state index contributed by atoms with van der Waals surface area (Å²) in [4.78, 5) is 2.25. The Bertz CT molecular complexity index is 944. The van der Waals surface area contributed by atoms with Crippen LogP contribution in [0.15, 0.2) is 54.6 Å². The van der Waals surface area contributed by atoms with Crippen LogP contribution in [0.5, 0.6) is 11.6 Å². The smallest absolute Gasteiger partial charge is 0.227 e. The number of benzene rings is 2. The van der Waals surface area contributed by atoms with Crippen LogP contribution in [0.25, 0.3) is 5.69 Å². The minimum Gasteiger partial charge on any atom is -0.439 e. The van der Waals surface area contributed by atoms with E-state index in [0.29, 0.717) is 29.9 Å². The molecule has 1 unspecified atom stereocenters. The van der Waals surface area contributed by atoms with Crippen molar-refractivity contribution in [3.05, 3.63) is 70.9 Å². The normalized spacial score (nSPS) is 12.5. The number of aromatic nitrogens is 2. The van der Waals surface area contributed by atoms with Crippen LogP contribution in [-0.2, 0) is 6.54 Å². The molecule has 3 aromatic rings. The molecule has 1 N–H and O–H groups in total. The van der Waals surface area contributed by atoms with Gasteiger partial charge < -0.3 is 9.84 Å². The fraction of sp³-hybridized carbons (Fsp3) is 0.375. The van der Waals surface area contributed by atoms with Gasteiger partial charge in [0.05, 0.1) is 23.0 Å². The Balaban J connectivity index is 2.04. The van der Waals surface area contributed by atoms with Gasteiger partial charge in [-0.2, -0.15) is 5.10 Å². The maximum atomic E-state index is 9.99. The maximum Gasteiger partial charge on any atom is 0.227 e. The van der Waals surface area contributed by atoms with Crippen LogP contribution < -0.4 is 4.74 Å². The van der Waals surface area contributed by atoms with Gasteiger partial charge in [0.25, 0.3) is 0 Å². The van der Waals surface area contributed by atoms with Gasteiger partial charge in [0, 0.05) is 24.7 Å². The first-order valence-corrected chi connectivity index (χ1v) is 10.7. The van der Waals surface area contributed by atoms with Crippen molar-refractivity contribution >= 4 is 11.6 Å². The van der Waals surface area contributed by atoms with Crippen LogP contribution in [0, 0.1) is 12.8 Å². The lowest BCUT2D eigenvalue weighted by Gasteiger charge is -2.26. The van der Waals surface area contributed by atoms with Crippen molar-refractivity contribution in [1.82, 2.24) is 14.7 Å². The van der Waals surface area contributed by atoms with Crippen LogP contribution in [-0.4, -0.2) is 39.0 Å². The largest absolute Gasteiger partial charge is 0.439 e. The minimum atomic E-state index is -0.412. The first-order valence-electron chi connectivity index (χ1n) is 10.3. The van der Waals surface area contributed by atoms with Gasteiger partial charge in [-0.15, -0.1) is 0 Å². The fourth-order valence-electron chi connectivity index (χ4n) is 3.53. The lowest BCUT2D eigenvalue weighted by Crippen LogP contribution is -2.33. The molecule has 0 saturated heterocycles. The number of halogens is 1. The van der Waals surface area contributed by atoms with E-state index in [1.165, 1.54) is 0 Å². The summed E-state index contributed by atoms with van der Waals surface area (Å²) in [6, 6.07) is 17.3. The van der Waals surface area contributed by atoms with Crippen LogP contribution in [0.1, 0.15) is 32.0 Å². The molecule has 0 fully saturated rings.